The van der Waals surface area contributed by atoms with Gasteiger partial charge in [0.1, 0.15) is 0 Å². The van der Waals surface area contributed by atoms with Gasteiger partial charge in [0.05, 0.1) is 5.54 Å². The lowest BCUT2D eigenvalue weighted by Crippen LogP contribution is -2.33. The summed E-state index contributed by atoms with van der Waals surface area (Å²) < 4.78 is 37.8. The number of hydrogen-bond donors (Lipinski definition) is 1. The molecule has 2 nitrogen and oxygen atoms in total. The number of thiazole rings is 1. The Morgan fingerprint density at radius 2 is 1.80 bits per heavy atom. The van der Waals surface area contributed by atoms with Gasteiger partial charge < -0.3 is 5.73 Å². The zero-order valence-electron chi connectivity index (χ0n) is 11.4. The summed E-state index contributed by atoms with van der Waals surface area (Å²) in [7, 11) is 0. The highest BCUT2D eigenvalue weighted by Gasteiger charge is 2.37. The molecule has 0 saturated carbocycles. The first-order valence-electron chi connectivity index (χ1n) is 6.02. The number of aromatic nitrogens is 1. The zero-order chi connectivity index (χ0) is 15.1. The van der Waals surface area contributed by atoms with E-state index in [4.69, 9.17) is 5.73 Å². The van der Waals surface area contributed by atoms with Crippen molar-refractivity contribution in [1.29, 1.82) is 0 Å². The highest BCUT2D eigenvalue weighted by atomic mass is 32.1. The van der Waals surface area contributed by atoms with Gasteiger partial charge in [0.2, 0.25) is 0 Å². The fourth-order valence-corrected chi connectivity index (χ4v) is 2.72. The van der Waals surface area contributed by atoms with E-state index in [1.807, 2.05) is 32.0 Å². The fourth-order valence-electron chi connectivity index (χ4n) is 1.85. The highest BCUT2D eigenvalue weighted by molar-refractivity contribution is 7.11. The van der Waals surface area contributed by atoms with E-state index in [1.165, 1.54) is 6.20 Å². The molecule has 0 bridgehead atoms. The third-order valence-corrected chi connectivity index (χ3v) is 4.65. The van der Waals surface area contributed by atoms with Gasteiger partial charge in [-0.15, -0.1) is 11.3 Å². The molecule has 108 valence electrons. The van der Waals surface area contributed by atoms with Gasteiger partial charge in [-0.2, -0.15) is 13.2 Å². The maximum absolute atomic E-state index is 12.6. The average Bonchev–Trinajstić information content (AvgIpc) is 2.82. The first-order chi connectivity index (χ1) is 9.12. The topological polar surface area (TPSA) is 38.9 Å². The summed E-state index contributed by atoms with van der Waals surface area (Å²) in [5.41, 5.74) is 8.20. The van der Waals surface area contributed by atoms with Crippen LogP contribution in [0.25, 0.3) is 0 Å². The SMILES string of the molecule is Cc1ccc(C(C)(N)c2cnc(C(F)(F)F)s2)cc1C. The normalized spacial score (nSPS) is 15.2. The van der Waals surface area contributed by atoms with Gasteiger partial charge in [0.25, 0.3) is 0 Å². The van der Waals surface area contributed by atoms with E-state index in [9.17, 15) is 13.2 Å². The molecule has 20 heavy (non-hydrogen) atoms. The van der Waals surface area contributed by atoms with Crippen molar-refractivity contribution < 1.29 is 13.2 Å². The Bertz CT molecular complexity index is 630. The molecule has 1 heterocycles. The van der Waals surface area contributed by atoms with Crippen LogP contribution in [0.2, 0.25) is 0 Å². The van der Waals surface area contributed by atoms with Crippen LogP contribution in [0.1, 0.15) is 33.5 Å². The first kappa shape index (κ1) is 15.0. The Morgan fingerprint density at radius 3 is 2.30 bits per heavy atom. The lowest BCUT2D eigenvalue weighted by Gasteiger charge is -2.24. The second kappa shape index (κ2) is 4.86. The molecule has 0 aliphatic heterocycles. The molecule has 0 amide bonds. The molecule has 1 unspecified atom stereocenters. The van der Waals surface area contributed by atoms with Crippen LogP contribution in [-0.4, -0.2) is 4.98 Å². The molecule has 0 aliphatic rings. The maximum atomic E-state index is 12.6. The number of halogens is 3. The summed E-state index contributed by atoms with van der Waals surface area (Å²) in [6.07, 6.45) is -3.22. The number of benzene rings is 1. The Morgan fingerprint density at radius 1 is 1.15 bits per heavy atom. The molecule has 0 radical (unpaired) electrons. The average molecular weight is 300 g/mol. The van der Waals surface area contributed by atoms with Gasteiger partial charge in [0, 0.05) is 11.1 Å². The fraction of sp³-hybridized carbons (Fsp3) is 0.357. The van der Waals surface area contributed by atoms with Crippen molar-refractivity contribution in [1.82, 2.24) is 4.98 Å². The van der Waals surface area contributed by atoms with Crippen LogP contribution in [0, 0.1) is 13.8 Å². The minimum absolute atomic E-state index is 0.396. The van der Waals surface area contributed by atoms with Gasteiger partial charge in [-0.1, -0.05) is 18.2 Å². The lowest BCUT2D eigenvalue weighted by atomic mass is 9.90. The molecule has 0 fully saturated rings. The Balaban J connectivity index is 2.43. The molecule has 1 aromatic heterocycles. The summed E-state index contributed by atoms with van der Waals surface area (Å²) in [5.74, 6) is 0. The van der Waals surface area contributed by atoms with Crippen LogP contribution in [0.15, 0.2) is 24.4 Å². The van der Waals surface area contributed by atoms with Crippen LogP contribution in [0.3, 0.4) is 0 Å². The first-order valence-corrected chi connectivity index (χ1v) is 6.84. The predicted octanol–water partition coefficient (Wildman–Crippen LogP) is 4.00. The monoisotopic (exact) mass is 300 g/mol. The summed E-state index contributed by atoms with van der Waals surface area (Å²) in [4.78, 5) is 3.83. The number of aryl methyl sites for hydroxylation is 2. The Hall–Kier alpha value is -1.40. The molecule has 2 aromatic rings. The predicted molar refractivity (Wildman–Crippen MR) is 73.7 cm³/mol. The summed E-state index contributed by atoms with van der Waals surface area (Å²) in [5, 5.41) is -0.868. The van der Waals surface area contributed by atoms with Crippen molar-refractivity contribution >= 4 is 11.3 Å². The van der Waals surface area contributed by atoms with E-state index in [0.29, 0.717) is 16.2 Å². The van der Waals surface area contributed by atoms with Crippen LogP contribution in [-0.2, 0) is 11.7 Å². The smallest absolute Gasteiger partial charge is 0.317 e. The molecule has 1 aromatic carbocycles. The number of rotatable bonds is 2. The van der Waals surface area contributed by atoms with E-state index in [-0.39, 0.29) is 0 Å². The van der Waals surface area contributed by atoms with E-state index in [2.05, 4.69) is 4.98 Å². The molecule has 6 heteroatoms. The van der Waals surface area contributed by atoms with Gasteiger partial charge in [0.15, 0.2) is 5.01 Å². The van der Waals surface area contributed by atoms with Gasteiger partial charge in [-0.3, -0.25) is 0 Å². The second-order valence-corrected chi connectivity index (χ2v) is 6.06. The van der Waals surface area contributed by atoms with E-state index >= 15 is 0 Å². The van der Waals surface area contributed by atoms with Crippen molar-refractivity contribution in [2.24, 2.45) is 5.73 Å². The van der Waals surface area contributed by atoms with Crippen LogP contribution in [0.4, 0.5) is 13.2 Å². The van der Waals surface area contributed by atoms with Crippen molar-refractivity contribution in [3.63, 3.8) is 0 Å². The number of alkyl halides is 3. The van der Waals surface area contributed by atoms with Gasteiger partial charge in [-0.25, -0.2) is 4.98 Å². The van der Waals surface area contributed by atoms with Gasteiger partial charge in [-0.05, 0) is 37.5 Å². The van der Waals surface area contributed by atoms with Crippen LogP contribution in [0.5, 0.6) is 0 Å². The highest BCUT2D eigenvalue weighted by Crippen LogP contribution is 2.37. The molecular weight excluding hydrogens is 285 g/mol. The van der Waals surface area contributed by atoms with Crippen molar-refractivity contribution in [3.05, 3.63) is 51.0 Å². The second-order valence-electron chi connectivity index (χ2n) is 5.03. The Kier molecular flexibility index (Phi) is 3.64. The number of nitrogens with zero attached hydrogens (tertiary/aromatic N) is 1. The third-order valence-electron chi connectivity index (χ3n) is 3.37. The Labute approximate surface area is 119 Å². The molecule has 2 rings (SSSR count). The molecule has 0 spiro atoms. The van der Waals surface area contributed by atoms with Crippen molar-refractivity contribution in [2.75, 3.05) is 0 Å². The van der Waals surface area contributed by atoms with E-state index in [0.717, 1.165) is 16.7 Å². The molecule has 0 aliphatic carbocycles. The maximum Gasteiger partial charge on any atom is 0.443 e. The van der Waals surface area contributed by atoms with Crippen molar-refractivity contribution in [3.8, 4) is 0 Å². The van der Waals surface area contributed by atoms with Crippen LogP contribution < -0.4 is 5.73 Å². The molecule has 1 atom stereocenters. The number of nitrogens with two attached hydrogens (primary N) is 1. The van der Waals surface area contributed by atoms with Crippen molar-refractivity contribution in [2.45, 2.75) is 32.5 Å². The molecule has 2 N–H and O–H groups in total. The summed E-state index contributed by atoms with van der Waals surface area (Å²) in [6.45, 7) is 5.62. The number of hydrogen-bond acceptors (Lipinski definition) is 3. The van der Waals surface area contributed by atoms with E-state index in [1.54, 1.807) is 6.92 Å². The minimum atomic E-state index is -4.43. The molecular formula is C14H15F3N2S. The summed E-state index contributed by atoms with van der Waals surface area (Å²) in [6, 6.07) is 5.67. The summed E-state index contributed by atoms with van der Waals surface area (Å²) >= 11 is 0.591. The van der Waals surface area contributed by atoms with Crippen LogP contribution >= 0.6 is 11.3 Å². The van der Waals surface area contributed by atoms with Gasteiger partial charge >= 0.3 is 6.18 Å². The standard InChI is InChI=1S/C14H15F3N2S/c1-8-4-5-10(6-9(8)2)13(3,18)11-7-19-12(20-11)14(15,16)17/h4-7H,18H2,1-3H3. The minimum Gasteiger partial charge on any atom is -0.317 e. The lowest BCUT2D eigenvalue weighted by molar-refractivity contribution is -0.137. The quantitative estimate of drug-likeness (QED) is 0.910. The third kappa shape index (κ3) is 2.71. The largest absolute Gasteiger partial charge is 0.443 e. The van der Waals surface area contributed by atoms with E-state index < -0.39 is 16.7 Å². The molecule has 0 saturated heterocycles. The zero-order valence-corrected chi connectivity index (χ0v) is 12.2.